The van der Waals surface area contributed by atoms with Crippen LogP contribution in [0.25, 0.3) is 0 Å². The van der Waals surface area contributed by atoms with E-state index in [4.69, 9.17) is 4.74 Å². The lowest BCUT2D eigenvalue weighted by Gasteiger charge is -2.19. The molecule has 0 bridgehead atoms. The monoisotopic (exact) mass is 292 g/mol. The molecule has 0 aromatic heterocycles. The maximum absolute atomic E-state index is 11.6. The van der Waals surface area contributed by atoms with Crippen molar-refractivity contribution in [1.29, 1.82) is 0 Å². The normalized spacial score (nSPS) is 19.1. The van der Waals surface area contributed by atoms with E-state index >= 15 is 0 Å². The molecule has 0 unspecified atom stereocenters. The van der Waals surface area contributed by atoms with Gasteiger partial charge in [-0.3, -0.25) is 9.69 Å². The average molecular weight is 292 g/mol. The van der Waals surface area contributed by atoms with Gasteiger partial charge in [0, 0.05) is 26.2 Å². The Morgan fingerprint density at radius 1 is 1.21 bits per heavy atom. The maximum Gasteiger partial charge on any atom is 0.320 e. The van der Waals surface area contributed by atoms with E-state index in [0.29, 0.717) is 26.2 Å². The van der Waals surface area contributed by atoms with E-state index in [2.05, 4.69) is 0 Å². The predicted molar refractivity (Wildman–Crippen MR) is 73.3 cm³/mol. The summed E-state index contributed by atoms with van der Waals surface area (Å²) in [5.74, 6) is -0.221. The molecule has 1 aliphatic rings. The first-order valence-corrected chi connectivity index (χ1v) is 8.61. The number of ether oxygens (including phenoxy) is 1. The Labute approximate surface area is 115 Å². The van der Waals surface area contributed by atoms with Crippen LogP contribution in [0.3, 0.4) is 0 Å². The third-order valence-electron chi connectivity index (χ3n) is 3.13. The highest BCUT2D eigenvalue weighted by atomic mass is 32.2. The van der Waals surface area contributed by atoms with Gasteiger partial charge in [-0.2, -0.15) is 0 Å². The van der Waals surface area contributed by atoms with Crippen molar-refractivity contribution in [1.82, 2.24) is 9.21 Å². The van der Waals surface area contributed by atoms with Crippen molar-refractivity contribution in [3.63, 3.8) is 0 Å². The Kier molecular flexibility index (Phi) is 6.74. The summed E-state index contributed by atoms with van der Waals surface area (Å²) >= 11 is 0. The standard InChI is InChI=1S/C12H24N2O4S/c1-3-4-10-18-12(15)11-13-6-5-7-14(9-8-13)19(2,16)17/h3-11H2,1-2H3. The number of unbranched alkanes of at least 4 members (excludes halogenated alkanes) is 1. The molecule has 6 nitrogen and oxygen atoms in total. The quantitative estimate of drug-likeness (QED) is 0.520. The lowest BCUT2D eigenvalue weighted by molar-refractivity contribution is -0.145. The number of hydrogen-bond acceptors (Lipinski definition) is 5. The highest BCUT2D eigenvalue weighted by Gasteiger charge is 2.22. The minimum absolute atomic E-state index is 0.221. The summed E-state index contributed by atoms with van der Waals surface area (Å²) in [7, 11) is -3.13. The van der Waals surface area contributed by atoms with Gasteiger partial charge in [-0.05, 0) is 12.8 Å². The lowest BCUT2D eigenvalue weighted by atomic mass is 10.3. The van der Waals surface area contributed by atoms with Crippen LogP contribution in [0.5, 0.6) is 0 Å². The van der Waals surface area contributed by atoms with Crippen molar-refractivity contribution < 1.29 is 17.9 Å². The SMILES string of the molecule is CCCCOC(=O)CN1CCCN(S(C)(=O)=O)CC1. The van der Waals surface area contributed by atoms with Gasteiger partial charge in [0.25, 0.3) is 0 Å². The van der Waals surface area contributed by atoms with Crippen LogP contribution in [-0.4, -0.2) is 69.2 Å². The molecular formula is C12H24N2O4S. The van der Waals surface area contributed by atoms with E-state index in [1.54, 1.807) is 0 Å². The molecular weight excluding hydrogens is 268 g/mol. The highest BCUT2D eigenvalue weighted by molar-refractivity contribution is 7.88. The molecule has 1 rings (SSSR count). The lowest BCUT2D eigenvalue weighted by Crippen LogP contribution is -2.36. The van der Waals surface area contributed by atoms with Crippen LogP contribution < -0.4 is 0 Å². The van der Waals surface area contributed by atoms with Gasteiger partial charge in [-0.25, -0.2) is 12.7 Å². The second kappa shape index (κ2) is 7.81. The van der Waals surface area contributed by atoms with Gasteiger partial charge in [0.15, 0.2) is 0 Å². The Balaban J connectivity index is 2.35. The van der Waals surface area contributed by atoms with Gasteiger partial charge in [0.05, 0.1) is 19.4 Å². The maximum atomic E-state index is 11.6. The molecule has 0 aliphatic carbocycles. The smallest absolute Gasteiger partial charge is 0.320 e. The summed E-state index contributed by atoms with van der Waals surface area (Å²) in [4.78, 5) is 13.5. The van der Waals surface area contributed by atoms with E-state index in [1.807, 2.05) is 11.8 Å². The van der Waals surface area contributed by atoms with Crippen LogP contribution in [0.1, 0.15) is 26.2 Å². The number of nitrogens with zero attached hydrogens (tertiary/aromatic N) is 2. The zero-order chi connectivity index (χ0) is 14.3. The highest BCUT2D eigenvalue weighted by Crippen LogP contribution is 2.07. The fourth-order valence-electron chi connectivity index (χ4n) is 2.00. The Morgan fingerprint density at radius 3 is 2.58 bits per heavy atom. The zero-order valence-electron chi connectivity index (χ0n) is 11.8. The van der Waals surface area contributed by atoms with Gasteiger partial charge < -0.3 is 4.74 Å². The average Bonchev–Trinajstić information content (AvgIpc) is 2.54. The number of carbonyl (C=O) groups excluding carboxylic acids is 1. The topological polar surface area (TPSA) is 66.9 Å². The van der Waals surface area contributed by atoms with Crippen molar-refractivity contribution >= 4 is 16.0 Å². The van der Waals surface area contributed by atoms with Crippen LogP contribution in [0, 0.1) is 0 Å². The van der Waals surface area contributed by atoms with E-state index in [0.717, 1.165) is 25.8 Å². The molecule has 0 N–H and O–H groups in total. The molecule has 1 saturated heterocycles. The molecule has 0 aromatic rings. The van der Waals surface area contributed by atoms with Crippen molar-refractivity contribution in [2.75, 3.05) is 45.6 Å². The van der Waals surface area contributed by atoms with Crippen LogP contribution in [-0.2, 0) is 19.6 Å². The number of sulfonamides is 1. The molecule has 112 valence electrons. The Bertz CT molecular complexity index is 383. The Hall–Kier alpha value is -0.660. The minimum atomic E-state index is -3.13. The first-order valence-electron chi connectivity index (χ1n) is 6.76. The van der Waals surface area contributed by atoms with Crippen molar-refractivity contribution in [2.45, 2.75) is 26.2 Å². The predicted octanol–water partition coefficient (Wildman–Crippen LogP) is 0.297. The van der Waals surface area contributed by atoms with Crippen LogP contribution in [0.2, 0.25) is 0 Å². The third-order valence-corrected chi connectivity index (χ3v) is 4.43. The summed E-state index contributed by atoms with van der Waals surface area (Å²) in [5.41, 5.74) is 0. The first-order chi connectivity index (χ1) is 8.93. The van der Waals surface area contributed by atoms with E-state index in [9.17, 15) is 13.2 Å². The van der Waals surface area contributed by atoms with Crippen LogP contribution >= 0.6 is 0 Å². The van der Waals surface area contributed by atoms with Crippen molar-refractivity contribution in [2.24, 2.45) is 0 Å². The third kappa shape index (κ3) is 6.35. The zero-order valence-corrected chi connectivity index (χ0v) is 12.6. The van der Waals surface area contributed by atoms with Gasteiger partial charge in [-0.15, -0.1) is 0 Å². The molecule has 0 radical (unpaired) electrons. The van der Waals surface area contributed by atoms with Crippen LogP contribution in [0.15, 0.2) is 0 Å². The summed E-state index contributed by atoms with van der Waals surface area (Å²) in [6.07, 6.45) is 3.85. The molecule has 1 heterocycles. The van der Waals surface area contributed by atoms with E-state index < -0.39 is 10.0 Å². The number of rotatable bonds is 6. The molecule has 0 aromatic carbocycles. The van der Waals surface area contributed by atoms with E-state index in [1.165, 1.54) is 10.6 Å². The second-order valence-corrected chi connectivity index (χ2v) is 6.85. The van der Waals surface area contributed by atoms with Crippen LogP contribution in [0.4, 0.5) is 0 Å². The Morgan fingerprint density at radius 2 is 1.95 bits per heavy atom. The molecule has 0 spiro atoms. The summed E-state index contributed by atoms with van der Waals surface area (Å²) in [6, 6.07) is 0. The molecule has 0 amide bonds. The van der Waals surface area contributed by atoms with Gasteiger partial charge >= 0.3 is 5.97 Å². The molecule has 1 fully saturated rings. The van der Waals surface area contributed by atoms with Gasteiger partial charge in [0.1, 0.15) is 0 Å². The second-order valence-electron chi connectivity index (χ2n) is 4.87. The summed E-state index contributed by atoms with van der Waals surface area (Å²) < 4.78 is 29.5. The summed E-state index contributed by atoms with van der Waals surface area (Å²) in [6.45, 7) is 5.05. The van der Waals surface area contributed by atoms with E-state index in [-0.39, 0.29) is 12.5 Å². The summed E-state index contributed by atoms with van der Waals surface area (Å²) in [5, 5.41) is 0. The number of esters is 1. The number of carbonyl (C=O) groups is 1. The number of hydrogen-bond donors (Lipinski definition) is 0. The fourth-order valence-corrected chi connectivity index (χ4v) is 2.87. The van der Waals surface area contributed by atoms with Gasteiger partial charge in [-0.1, -0.05) is 13.3 Å². The van der Waals surface area contributed by atoms with Crippen molar-refractivity contribution in [3.05, 3.63) is 0 Å². The van der Waals surface area contributed by atoms with Crippen molar-refractivity contribution in [3.8, 4) is 0 Å². The molecule has 19 heavy (non-hydrogen) atoms. The minimum Gasteiger partial charge on any atom is -0.465 e. The van der Waals surface area contributed by atoms with Gasteiger partial charge in [0.2, 0.25) is 10.0 Å². The molecule has 7 heteroatoms. The molecule has 1 aliphatic heterocycles. The largest absolute Gasteiger partial charge is 0.465 e. The fraction of sp³-hybridized carbons (Fsp3) is 0.917. The molecule has 0 saturated carbocycles. The first kappa shape index (κ1) is 16.4. The molecule has 0 atom stereocenters.